The minimum absolute atomic E-state index is 0.0126. The molecule has 86 valence electrons. The van der Waals surface area contributed by atoms with Crippen molar-refractivity contribution < 1.29 is 13.2 Å². The van der Waals surface area contributed by atoms with Crippen molar-refractivity contribution in [2.45, 2.75) is 25.4 Å². The SMILES string of the molecule is CC(C)(C#N)c1ccc(C(F)(F)F)cc1N. The van der Waals surface area contributed by atoms with Crippen LogP contribution in [0.2, 0.25) is 0 Å². The first-order chi connectivity index (χ1) is 7.18. The van der Waals surface area contributed by atoms with Gasteiger partial charge in [-0.05, 0) is 31.5 Å². The molecule has 0 fully saturated rings. The van der Waals surface area contributed by atoms with Gasteiger partial charge in [0.25, 0.3) is 0 Å². The van der Waals surface area contributed by atoms with Crippen LogP contribution in [-0.4, -0.2) is 0 Å². The largest absolute Gasteiger partial charge is 0.416 e. The summed E-state index contributed by atoms with van der Waals surface area (Å²) in [5.41, 5.74) is 4.22. The first-order valence-corrected chi connectivity index (χ1v) is 4.57. The van der Waals surface area contributed by atoms with E-state index < -0.39 is 17.2 Å². The van der Waals surface area contributed by atoms with Gasteiger partial charge in [0.05, 0.1) is 17.0 Å². The summed E-state index contributed by atoms with van der Waals surface area (Å²) in [6.45, 7) is 3.21. The number of nitrogens with two attached hydrogens (primary N) is 1. The van der Waals surface area contributed by atoms with E-state index in [1.165, 1.54) is 6.07 Å². The summed E-state index contributed by atoms with van der Waals surface area (Å²) in [7, 11) is 0. The second-order valence-corrected chi connectivity index (χ2v) is 4.04. The van der Waals surface area contributed by atoms with E-state index in [1.807, 2.05) is 6.07 Å². The quantitative estimate of drug-likeness (QED) is 0.751. The molecule has 0 unspecified atom stereocenters. The number of benzene rings is 1. The molecule has 0 aliphatic carbocycles. The van der Waals surface area contributed by atoms with E-state index in [0.29, 0.717) is 5.56 Å². The van der Waals surface area contributed by atoms with E-state index in [2.05, 4.69) is 0 Å². The van der Waals surface area contributed by atoms with Crippen molar-refractivity contribution in [3.63, 3.8) is 0 Å². The van der Waals surface area contributed by atoms with E-state index in [4.69, 9.17) is 11.0 Å². The first kappa shape index (κ1) is 12.4. The Hall–Kier alpha value is -1.70. The summed E-state index contributed by atoms with van der Waals surface area (Å²) in [4.78, 5) is 0. The van der Waals surface area contributed by atoms with Crippen LogP contribution in [0.4, 0.5) is 18.9 Å². The Morgan fingerprint density at radius 2 is 1.81 bits per heavy atom. The van der Waals surface area contributed by atoms with Gasteiger partial charge in [-0.1, -0.05) is 6.07 Å². The molecule has 0 atom stereocenters. The summed E-state index contributed by atoms with van der Waals surface area (Å²) in [6, 6.07) is 5.04. The zero-order chi connectivity index (χ0) is 12.6. The van der Waals surface area contributed by atoms with Gasteiger partial charge in [-0.3, -0.25) is 0 Å². The Labute approximate surface area is 91.5 Å². The number of alkyl halides is 3. The van der Waals surface area contributed by atoms with Crippen LogP contribution < -0.4 is 5.73 Å². The van der Waals surface area contributed by atoms with Crippen LogP contribution in [-0.2, 0) is 11.6 Å². The second-order valence-electron chi connectivity index (χ2n) is 4.04. The third-order valence-corrected chi connectivity index (χ3v) is 2.33. The molecule has 0 saturated heterocycles. The predicted octanol–water partition coefficient (Wildman–Crippen LogP) is 3.09. The molecule has 5 heteroatoms. The van der Waals surface area contributed by atoms with Gasteiger partial charge in [0, 0.05) is 5.69 Å². The molecule has 0 saturated carbocycles. The van der Waals surface area contributed by atoms with Crippen LogP contribution in [0.3, 0.4) is 0 Å². The molecule has 0 aliphatic heterocycles. The summed E-state index contributed by atoms with van der Waals surface area (Å²) >= 11 is 0. The molecule has 2 N–H and O–H groups in total. The van der Waals surface area contributed by atoms with Crippen molar-refractivity contribution in [3.05, 3.63) is 29.3 Å². The van der Waals surface area contributed by atoms with Gasteiger partial charge in [0.1, 0.15) is 0 Å². The highest BCUT2D eigenvalue weighted by atomic mass is 19.4. The maximum atomic E-state index is 12.4. The third kappa shape index (κ3) is 2.27. The molecule has 0 radical (unpaired) electrons. The van der Waals surface area contributed by atoms with Gasteiger partial charge in [-0.25, -0.2) is 0 Å². The Morgan fingerprint density at radius 1 is 1.25 bits per heavy atom. The second kappa shape index (κ2) is 3.71. The molecule has 0 heterocycles. The Balaban J connectivity index is 3.27. The van der Waals surface area contributed by atoms with Gasteiger partial charge in [0.15, 0.2) is 0 Å². The van der Waals surface area contributed by atoms with Crippen molar-refractivity contribution >= 4 is 5.69 Å². The van der Waals surface area contributed by atoms with Gasteiger partial charge < -0.3 is 5.73 Å². The molecule has 1 rings (SSSR count). The van der Waals surface area contributed by atoms with Crippen LogP contribution in [0.5, 0.6) is 0 Å². The van der Waals surface area contributed by atoms with Crippen molar-refractivity contribution in [1.82, 2.24) is 0 Å². The number of nitriles is 1. The minimum Gasteiger partial charge on any atom is -0.398 e. The molecule has 2 nitrogen and oxygen atoms in total. The van der Waals surface area contributed by atoms with E-state index in [1.54, 1.807) is 13.8 Å². The average Bonchev–Trinajstić information content (AvgIpc) is 2.16. The third-order valence-electron chi connectivity index (χ3n) is 2.33. The standard InChI is InChI=1S/C11H11F3N2/c1-10(2,6-15)8-4-3-7(5-9(8)16)11(12,13)14/h3-5H,16H2,1-2H3. The molecular formula is C11H11F3N2. The lowest BCUT2D eigenvalue weighted by atomic mass is 9.84. The first-order valence-electron chi connectivity index (χ1n) is 4.57. The highest BCUT2D eigenvalue weighted by Crippen LogP contribution is 2.34. The zero-order valence-electron chi connectivity index (χ0n) is 8.89. The fourth-order valence-corrected chi connectivity index (χ4v) is 1.37. The summed E-state index contributed by atoms with van der Waals surface area (Å²) < 4.78 is 37.1. The topological polar surface area (TPSA) is 49.8 Å². The lowest BCUT2D eigenvalue weighted by Gasteiger charge is -2.19. The number of anilines is 1. The number of hydrogen-bond acceptors (Lipinski definition) is 2. The molecule has 1 aromatic rings. The molecule has 16 heavy (non-hydrogen) atoms. The number of rotatable bonds is 1. The molecule has 1 aromatic carbocycles. The van der Waals surface area contributed by atoms with Crippen LogP contribution in [0, 0.1) is 11.3 Å². The lowest BCUT2D eigenvalue weighted by Crippen LogP contribution is -2.17. The molecule has 0 amide bonds. The van der Waals surface area contributed by atoms with E-state index in [0.717, 1.165) is 12.1 Å². The highest BCUT2D eigenvalue weighted by molar-refractivity contribution is 5.55. The smallest absolute Gasteiger partial charge is 0.398 e. The normalized spacial score (nSPS) is 12.2. The van der Waals surface area contributed by atoms with Gasteiger partial charge in [0.2, 0.25) is 0 Å². The van der Waals surface area contributed by atoms with Gasteiger partial charge >= 0.3 is 6.18 Å². The number of halogens is 3. The maximum Gasteiger partial charge on any atom is 0.416 e. The number of nitrogens with zero attached hydrogens (tertiary/aromatic N) is 1. The van der Waals surface area contributed by atoms with E-state index in [9.17, 15) is 13.2 Å². The molecule has 0 bridgehead atoms. The van der Waals surface area contributed by atoms with E-state index in [-0.39, 0.29) is 5.69 Å². The Bertz CT molecular complexity index is 442. The van der Waals surface area contributed by atoms with Crippen LogP contribution in [0.1, 0.15) is 25.0 Å². The fraction of sp³-hybridized carbons (Fsp3) is 0.364. The van der Waals surface area contributed by atoms with Crippen LogP contribution in [0.15, 0.2) is 18.2 Å². The van der Waals surface area contributed by atoms with Gasteiger partial charge in [-0.2, -0.15) is 18.4 Å². The minimum atomic E-state index is -4.41. The Morgan fingerprint density at radius 3 is 2.19 bits per heavy atom. The fourth-order valence-electron chi connectivity index (χ4n) is 1.37. The van der Waals surface area contributed by atoms with Crippen molar-refractivity contribution in [3.8, 4) is 6.07 Å². The molecule has 0 spiro atoms. The van der Waals surface area contributed by atoms with E-state index >= 15 is 0 Å². The number of hydrogen-bond donors (Lipinski definition) is 1. The molecule has 0 aromatic heterocycles. The Kier molecular flexibility index (Phi) is 2.87. The average molecular weight is 228 g/mol. The zero-order valence-corrected chi connectivity index (χ0v) is 8.89. The number of nitrogen functional groups attached to an aromatic ring is 1. The maximum absolute atomic E-state index is 12.4. The molecular weight excluding hydrogens is 217 g/mol. The predicted molar refractivity (Wildman–Crippen MR) is 54.5 cm³/mol. The summed E-state index contributed by atoms with van der Waals surface area (Å²) in [5.74, 6) is 0. The molecule has 0 aliphatic rings. The van der Waals surface area contributed by atoms with Crippen molar-refractivity contribution in [2.75, 3.05) is 5.73 Å². The monoisotopic (exact) mass is 228 g/mol. The lowest BCUT2D eigenvalue weighted by molar-refractivity contribution is -0.137. The van der Waals surface area contributed by atoms with Crippen LogP contribution in [0.25, 0.3) is 0 Å². The van der Waals surface area contributed by atoms with Crippen molar-refractivity contribution in [1.29, 1.82) is 5.26 Å². The summed E-state index contributed by atoms with van der Waals surface area (Å²) in [5, 5.41) is 8.87. The van der Waals surface area contributed by atoms with Gasteiger partial charge in [-0.15, -0.1) is 0 Å². The van der Waals surface area contributed by atoms with Crippen molar-refractivity contribution in [2.24, 2.45) is 0 Å². The highest BCUT2D eigenvalue weighted by Gasteiger charge is 2.32. The van der Waals surface area contributed by atoms with Crippen LogP contribution >= 0.6 is 0 Å². The summed E-state index contributed by atoms with van der Waals surface area (Å²) in [6.07, 6.45) is -4.41.